The van der Waals surface area contributed by atoms with E-state index in [1.54, 1.807) is 0 Å². The van der Waals surface area contributed by atoms with E-state index in [4.69, 9.17) is 5.11 Å². The number of hydrogen-bond donors (Lipinski definition) is 2. The van der Waals surface area contributed by atoms with Gasteiger partial charge in [0.2, 0.25) is 0 Å². The lowest BCUT2D eigenvalue weighted by Crippen LogP contribution is -2.31. The first-order valence-corrected chi connectivity index (χ1v) is 6.74. The van der Waals surface area contributed by atoms with Crippen LogP contribution in [-0.2, 0) is 4.79 Å². The SMILES string of the molecule is CC(C)C[C@H](CNC(=O)c1ccc(F)cc1F)CC(=O)O. The number of halogens is 2. The second-order valence-electron chi connectivity index (χ2n) is 5.43. The molecule has 1 aromatic carbocycles. The van der Waals surface area contributed by atoms with Crippen molar-refractivity contribution in [2.24, 2.45) is 11.8 Å². The fourth-order valence-corrected chi connectivity index (χ4v) is 2.16. The van der Waals surface area contributed by atoms with E-state index in [9.17, 15) is 18.4 Å². The second kappa shape index (κ2) is 7.71. The lowest BCUT2D eigenvalue weighted by atomic mass is 9.94. The van der Waals surface area contributed by atoms with Gasteiger partial charge in [0.15, 0.2) is 0 Å². The standard InChI is InChI=1S/C15H19F2NO3/c1-9(2)5-10(6-14(19)20)8-18-15(21)12-4-3-11(16)7-13(12)17/h3-4,7,9-10H,5-6,8H2,1-2H3,(H,18,21)(H,19,20)/t10-/m0/s1. The Morgan fingerprint density at radius 2 is 1.95 bits per heavy atom. The molecule has 1 amide bonds. The van der Waals surface area contributed by atoms with Crippen LogP contribution in [0.15, 0.2) is 18.2 Å². The predicted molar refractivity (Wildman–Crippen MR) is 73.9 cm³/mol. The minimum atomic E-state index is -0.942. The fourth-order valence-electron chi connectivity index (χ4n) is 2.16. The number of carbonyl (C=O) groups excluding carboxylic acids is 1. The Labute approximate surface area is 122 Å². The van der Waals surface area contributed by atoms with E-state index in [-0.39, 0.29) is 30.4 Å². The summed E-state index contributed by atoms with van der Waals surface area (Å²) >= 11 is 0. The van der Waals surface area contributed by atoms with Crippen LogP contribution in [0.3, 0.4) is 0 Å². The van der Waals surface area contributed by atoms with Gasteiger partial charge in [-0.15, -0.1) is 0 Å². The molecule has 1 atom stereocenters. The molecule has 0 aliphatic heterocycles. The molecule has 6 heteroatoms. The van der Waals surface area contributed by atoms with Gasteiger partial charge in [0, 0.05) is 19.0 Å². The summed E-state index contributed by atoms with van der Waals surface area (Å²) in [5, 5.41) is 11.3. The molecule has 0 fully saturated rings. The second-order valence-corrected chi connectivity index (χ2v) is 5.43. The van der Waals surface area contributed by atoms with Crippen LogP contribution < -0.4 is 5.32 Å². The van der Waals surface area contributed by atoms with E-state index in [0.29, 0.717) is 12.5 Å². The van der Waals surface area contributed by atoms with Crippen molar-refractivity contribution >= 4 is 11.9 Å². The Hall–Kier alpha value is -1.98. The molecule has 0 radical (unpaired) electrons. The number of hydrogen-bond acceptors (Lipinski definition) is 2. The van der Waals surface area contributed by atoms with Crippen LogP contribution in [0, 0.1) is 23.5 Å². The van der Waals surface area contributed by atoms with Crippen LogP contribution in [0.1, 0.15) is 37.0 Å². The van der Waals surface area contributed by atoms with Gasteiger partial charge in [-0.25, -0.2) is 8.78 Å². The van der Waals surface area contributed by atoms with Crippen LogP contribution >= 0.6 is 0 Å². The summed E-state index contributed by atoms with van der Waals surface area (Å²) in [4.78, 5) is 22.6. The van der Waals surface area contributed by atoms with Gasteiger partial charge >= 0.3 is 5.97 Å². The average molecular weight is 299 g/mol. The largest absolute Gasteiger partial charge is 0.481 e. The van der Waals surface area contributed by atoms with Crippen LogP contribution in [0.4, 0.5) is 8.78 Å². The Kier molecular flexibility index (Phi) is 6.27. The van der Waals surface area contributed by atoms with Gasteiger partial charge in [0.25, 0.3) is 5.91 Å². The Balaban J connectivity index is 2.65. The zero-order chi connectivity index (χ0) is 16.0. The maximum absolute atomic E-state index is 13.5. The number of amides is 1. The third-order valence-corrected chi connectivity index (χ3v) is 3.00. The smallest absolute Gasteiger partial charge is 0.303 e. The molecule has 0 unspecified atom stereocenters. The molecule has 0 aromatic heterocycles. The highest BCUT2D eigenvalue weighted by molar-refractivity contribution is 5.94. The van der Waals surface area contributed by atoms with Crippen molar-refractivity contribution < 1.29 is 23.5 Å². The van der Waals surface area contributed by atoms with E-state index in [1.165, 1.54) is 0 Å². The number of aliphatic carboxylic acids is 1. The zero-order valence-corrected chi connectivity index (χ0v) is 12.0. The monoisotopic (exact) mass is 299 g/mol. The minimum absolute atomic E-state index is 0.0651. The van der Waals surface area contributed by atoms with Gasteiger partial charge in [-0.05, 0) is 30.4 Å². The van der Waals surface area contributed by atoms with Gasteiger partial charge in [-0.1, -0.05) is 13.8 Å². The van der Waals surface area contributed by atoms with Gasteiger partial charge in [-0.2, -0.15) is 0 Å². The molecule has 0 aliphatic carbocycles. The normalized spacial score (nSPS) is 12.2. The highest BCUT2D eigenvalue weighted by atomic mass is 19.1. The molecule has 0 bridgehead atoms. The molecule has 0 saturated carbocycles. The van der Waals surface area contributed by atoms with Crippen molar-refractivity contribution in [2.75, 3.05) is 6.54 Å². The van der Waals surface area contributed by atoms with Gasteiger partial charge in [0.05, 0.1) is 5.56 Å². The molecule has 0 saturated heterocycles. The maximum Gasteiger partial charge on any atom is 0.303 e. The summed E-state index contributed by atoms with van der Waals surface area (Å²) in [5.41, 5.74) is -0.255. The Bertz CT molecular complexity index is 518. The van der Waals surface area contributed by atoms with E-state index in [2.05, 4.69) is 5.32 Å². The number of carboxylic acid groups (broad SMARTS) is 1. The van der Waals surface area contributed by atoms with Crippen molar-refractivity contribution in [1.82, 2.24) is 5.32 Å². The summed E-state index contributed by atoms with van der Waals surface area (Å²) < 4.78 is 26.2. The van der Waals surface area contributed by atoms with Crippen molar-refractivity contribution in [1.29, 1.82) is 0 Å². The molecular formula is C15H19F2NO3. The van der Waals surface area contributed by atoms with E-state index in [1.807, 2.05) is 13.8 Å². The quantitative estimate of drug-likeness (QED) is 0.813. The first-order chi connectivity index (χ1) is 9.79. The number of carboxylic acids is 1. The molecule has 2 N–H and O–H groups in total. The first-order valence-electron chi connectivity index (χ1n) is 6.74. The highest BCUT2D eigenvalue weighted by Crippen LogP contribution is 2.15. The van der Waals surface area contributed by atoms with Crippen LogP contribution in [-0.4, -0.2) is 23.5 Å². The molecular weight excluding hydrogens is 280 g/mol. The molecule has 0 spiro atoms. The molecule has 4 nitrogen and oxygen atoms in total. The van der Waals surface area contributed by atoms with Gasteiger partial charge < -0.3 is 10.4 Å². The Morgan fingerprint density at radius 3 is 2.48 bits per heavy atom. The van der Waals surface area contributed by atoms with Crippen molar-refractivity contribution in [3.8, 4) is 0 Å². The number of benzene rings is 1. The molecule has 1 rings (SSSR count). The summed E-state index contributed by atoms with van der Waals surface area (Å²) in [6.07, 6.45) is 0.572. The molecule has 1 aromatic rings. The van der Waals surface area contributed by atoms with Gasteiger partial charge in [-0.3, -0.25) is 9.59 Å². The first kappa shape index (κ1) is 17.1. The zero-order valence-electron chi connectivity index (χ0n) is 12.0. The van der Waals surface area contributed by atoms with Crippen molar-refractivity contribution in [3.63, 3.8) is 0 Å². The fraction of sp³-hybridized carbons (Fsp3) is 0.467. The molecule has 0 heterocycles. The number of nitrogens with one attached hydrogen (secondary N) is 1. The van der Waals surface area contributed by atoms with Crippen LogP contribution in [0.25, 0.3) is 0 Å². The average Bonchev–Trinajstić information content (AvgIpc) is 2.34. The molecule has 0 aliphatic rings. The molecule has 116 valence electrons. The third kappa shape index (κ3) is 5.89. The predicted octanol–water partition coefficient (Wildman–Crippen LogP) is 2.83. The summed E-state index contributed by atoms with van der Waals surface area (Å²) in [7, 11) is 0. The number of rotatable bonds is 7. The van der Waals surface area contributed by atoms with Gasteiger partial charge in [0.1, 0.15) is 11.6 Å². The van der Waals surface area contributed by atoms with Crippen LogP contribution in [0.5, 0.6) is 0 Å². The van der Waals surface area contributed by atoms with E-state index >= 15 is 0 Å². The van der Waals surface area contributed by atoms with Crippen molar-refractivity contribution in [2.45, 2.75) is 26.7 Å². The topological polar surface area (TPSA) is 66.4 Å². The lowest BCUT2D eigenvalue weighted by Gasteiger charge is -2.17. The Morgan fingerprint density at radius 1 is 1.29 bits per heavy atom. The third-order valence-electron chi connectivity index (χ3n) is 3.00. The van der Waals surface area contributed by atoms with E-state index in [0.717, 1.165) is 12.1 Å². The summed E-state index contributed by atoms with van der Waals surface area (Å²) in [5.74, 6) is -3.25. The van der Waals surface area contributed by atoms with Crippen LogP contribution in [0.2, 0.25) is 0 Å². The maximum atomic E-state index is 13.5. The van der Waals surface area contributed by atoms with Crippen molar-refractivity contribution in [3.05, 3.63) is 35.4 Å². The summed E-state index contributed by atoms with van der Waals surface area (Å²) in [6.45, 7) is 4.05. The van der Waals surface area contributed by atoms with E-state index < -0.39 is 23.5 Å². The summed E-state index contributed by atoms with van der Waals surface area (Å²) in [6, 6.07) is 2.70. The number of carbonyl (C=O) groups is 2. The lowest BCUT2D eigenvalue weighted by molar-refractivity contribution is -0.138. The molecule has 21 heavy (non-hydrogen) atoms. The minimum Gasteiger partial charge on any atom is -0.481 e. The highest BCUT2D eigenvalue weighted by Gasteiger charge is 2.18.